The SMILES string of the molecule is CCc1ccc([C@@H]2c3cccn3-c3ccccc3CN2C(=O)Nc2ccc(Br)cc2)cc1. The fourth-order valence-corrected chi connectivity index (χ4v) is 4.62. The van der Waals surface area contributed by atoms with E-state index in [0.29, 0.717) is 6.54 Å². The lowest BCUT2D eigenvalue weighted by Gasteiger charge is -2.31. The number of hydrogen-bond acceptors (Lipinski definition) is 1. The number of nitrogens with one attached hydrogen (secondary N) is 1. The predicted molar refractivity (Wildman–Crippen MR) is 132 cm³/mol. The smallest absolute Gasteiger partial charge is 0.318 e. The third kappa shape index (κ3) is 3.84. The number of carbonyl (C=O) groups is 1. The van der Waals surface area contributed by atoms with E-state index in [4.69, 9.17) is 0 Å². The molecule has 0 unspecified atom stereocenters. The minimum Gasteiger partial charge on any atom is -0.318 e. The first kappa shape index (κ1) is 20.6. The van der Waals surface area contributed by atoms with Crippen molar-refractivity contribution < 1.29 is 4.79 Å². The van der Waals surface area contributed by atoms with Gasteiger partial charge >= 0.3 is 6.03 Å². The molecule has 0 fully saturated rings. The molecular weight excluding hydrogens is 462 g/mol. The van der Waals surface area contributed by atoms with Crippen molar-refractivity contribution in [3.63, 3.8) is 0 Å². The van der Waals surface area contributed by atoms with Gasteiger partial charge in [-0.05, 0) is 65.6 Å². The molecule has 4 nitrogen and oxygen atoms in total. The zero-order valence-corrected chi connectivity index (χ0v) is 19.4. The maximum absolute atomic E-state index is 13.6. The Labute approximate surface area is 196 Å². The van der Waals surface area contributed by atoms with Crippen LogP contribution in [-0.2, 0) is 13.0 Å². The van der Waals surface area contributed by atoms with Crippen molar-refractivity contribution >= 4 is 27.6 Å². The van der Waals surface area contributed by atoms with Crippen molar-refractivity contribution in [1.29, 1.82) is 0 Å². The van der Waals surface area contributed by atoms with Gasteiger partial charge in [0.25, 0.3) is 0 Å². The second-order valence-corrected chi connectivity index (χ2v) is 8.91. The second kappa shape index (κ2) is 8.67. The van der Waals surface area contributed by atoms with Gasteiger partial charge < -0.3 is 14.8 Å². The van der Waals surface area contributed by atoms with Crippen LogP contribution in [0.4, 0.5) is 10.5 Å². The van der Waals surface area contributed by atoms with Crippen molar-refractivity contribution in [2.24, 2.45) is 0 Å². The summed E-state index contributed by atoms with van der Waals surface area (Å²) >= 11 is 3.46. The van der Waals surface area contributed by atoms with E-state index in [1.807, 2.05) is 41.3 Å². The highest BCUT2D eigenvalue weighted by atomic mass is 79.9. The molecule has 160 valence electrons. The number of hydrogen-bond donors (Lipinski definition) is 1. The number of urea groups is 1. The van der Waals surface area contributed by atoms with Gasteiger partial charge in [-0.1, -0.05) is 65.3 Å². The summed E-state index contributed by atoms with van der Waals surface area (Å²) < 4.78 is 3.19. The van der Waals surface area contributed by atoms with Gasteiger partial charge in [-0.3, -0.25) is 0 Å². The molecule has 5 heteroatoms. The Morgan fingerprint density at radius 2 is 1.72 bits per heavy atom. The Kier molecular flexibility index (Phi) is 5.58. The first-order valence-electron chi connectivity index (χ1n) is 10.8. The van der Waals surface area contributed by atoms with Gasteiger partial charge in [-0.2, -0.15) is 0 Å². The lowest BCUT2D eigenvalue weighted by Crippen LogP contribution is -2.37. The molecule has 5 rings (SSSR count). The van der Waals surface area contributed by atoms with Gasteiger partial charge in [0.1, 0.15) is 0 Å². The summed E-state index contributed by atoms with van der Waals surface area (Å²) in [5, 5.41) is 3.10. The van der Waals surface area contributed by atoms with Gasteiger partial charge in [0.15, 0.2) is 0 Å². The fraction of sp³-hybridized carbons (Fsp3) is 0.148. The molecule has 1 atom stereocenters. The summed E-state index contributed by atoms with van der Waals surface area (Å²) in [6.07, 6.45) is 3.07. The molecule has 32 heavy (non-hydrogen) atoms. The molecule has 1 aliphatic heterocycles. The first-order valence-corrected chi connectivity index (χ1v) is 11.6. The quantitative estimate of drug-likeness (QED) is 0.335. The zero-order valence-electron chi connectivity index (χ0n) is 17.8. The number of aryl methyl sites for hydroxylation is 1. The highest BCUT2D eigenvalue weighted by Gasteiger charge is 2.32. The van der Waals surface area contributed by atoms with Gasteiger partial charge in [0.2, 0.25) is 0 Å². The van der Waals surface area contributed by atoms with E-state index in [0.717, 1.165) is 39.1 Å². The molecule has 2 heterocycles. The number of amides is 2. The Bertz CT molecular complexity index is 1240. The van der Waals surface area contributed by atoms with Crippen LogP contribution in [0.2, 0.25) is 0 Å². The summed E-state index contributed by atoms with van der Waals surface area (Å²) in [4.78, 5) is 15.6. The van der Waals surface area contributed by atoms with Crippen LogP contribution in [0.15, 0.2) is 95.6 Å². The lowest BCUT2D eigenvalue weighted by molar-refractivity contribution is 0.194. The van der Waals surface area contributed by atoms with Crippen LogP contribution in [-0.4, -0.2) is 15.5 Å². The summed E-state index contributed by atoms with van der Waals surface area (Å²) in [7, 11) is 0. The maximum atomic E-state index is 13.6. The third-order valence-electron chi connectivity index (χ3n) is 6.02. The van der Waals surface area contributed by atoms with Crippen molar-refractivity contribution in [3.05, 3.63) is 118 Å². The number of rotatable bonds is 3. The molecule has 0 spiro atoms. The van der Waals surface area contributed by atoms with Gasteiger partial charge in [-0.15, -0.1) is 0 Å². The Morgan fingerprint density at radius 3 is 2.47 bits per heavy atom. The van der Waals surface area contributed by atoms with Gasteiger partial charge in [-0.25, -0.2) is 4.79 Å². The number of nitrogens with zero attached hydrogens (tertiary/aromatic N) is 2. The summed E-state index contributed by atoms with van der Waals surface area (Å²) in [6, 6.07) is 28.4. The summed E-state index contributed by atoms with van der Waals surface area (Å²) in [5.74, 6) is 0. The van der Waals surface area contributed by atoms with Gasteiger partial charge in [0, 0.05) is 22.1 Å². The number of fused-ring (bicyclic) bond motifs is 3. The molecule has 3 aromatic carbocycles. The zero-order chi connectivity index (χ0) is 22.1. The second-order valence-electron chi connectivity index (χ2n) is 7.99. The molecular formula is C27H24BrN3O. The topological polar surface area (TPSA) is 37.3 Å². The van der Waals surface area contributed by atoms with Crippen molar-refractivity contribution in [2.45, 2.75) is 25.9 Å². The number of para-hydroxylation sites is 1. The lowest BCUT2D eigenvalue weighted by atomic mass is 10.00. The van der Waals surface area contributed by atoms with Crippen molar-refractivity contribution in [2.75, 3.05) is 5.32 Å². The Balaban J connectivity index is 1.61. The standard InChI is InChI=1S/C27H24BrN3O/c1-2-19-9-11-20(12-10-19)26-25-8-5-17-30(25)24-7-4-3-6-21(24)18-31(26)27(32)29-23-15-13-22(28)14-16-23/h3-17,26H,2,18H2,1H3,(H,29,32)/t26-/m1/s1. The first-order chi connectivity index (χ1) is 15.6. The average molecular weight is 486 g/mol. The van der Waals surface area contributed by atoms with E-state index in [1.165, 1.54) is 5.56 Å². The van der Waals surface area contributed by atoms with Crippen molar-refractivity contribution in [3.8, 4) is 5.69 Å². The number of halogens is 1. The van der Waals surface area contributed by atoms with E-state index >= 15 is 0 Å². The van der Waals surface area contributed by atoms with E-state index in [-0.39, 0.29) is 12.1 Å². The number of carbonyl (C=O) groups excluding carboxylic acids is 1. The number of aromatic nitrogens is 1. The summed E-state index contributed by atoms with van der Waals surface area (Å²) in [5.41, 5.74) is 6.45. The highest BCUT2D eigenvalue weighted by molar-refractivity contribution is 9.10. The Morgan fingerprint density at radius 1 is 0.969 bits per heavy atom. The van der Waals surface area contributed by atoms with Gasteiger partial charge in [0.05, 0.1) is 18.3 Å². The normalized spacial score (nSPS) is 14.9. The molecule has 1 aromatic heterocycles. The van der Waals surface area contributed by atoms with Crippen LogP contribution in [0.3, 0.4) is 0 Å². The highest BCUT2D eigenvalue weighted by Crippen LogP contribution is 2.37. The average Bonchev–Trinajstić information content (AvgIpc) is 3.25. The maximum Gasteiger partial charge on any atom is 0.322 e. The molecule has 2 amide bonds. The molecule has 0 saturated carbocycles. The fourth-order valence-electron chi connectivity index (χ4n) is 4.35. The van der Waals surface area contributed by atoms with E-state index < -0.39 is 0 Å². The van der Waals surface area contributed by atoms with Crippen LogP contribution in [0, 0.1) is 0 Å². The molecule has 0 bridgehead atoms. The molecule has 4 aromatic rings. The van der Waals surface area contributed by atoms with E-state index in [2.05, 4.69) is 87.5 Å². The van der Waals surface area contributed by atoms with Crippen LogP contribution < -0.4 is 5.32 Å². The van der Waals surface area contributed by atoms with E-state index in [1.54, 1.807) is 0 Å². The van der Waals surface area contributed by atoms with Crippen LogP contribution in [0.1, 0.15) is 35.3 Å². The van der Waals surface area contributed by atoms with Crippen molar-refractivity contribution in [1.82, 2.24) is 9.47 Å². The van der Waals surface area contributed by atoms with Crippen LogP contribution in [0.5, 0.6) is 0 Å². The van der Waals surface area contributed by atoms with E-state index in [9.17, 15) is 4.79 Å². The monoisotopic (exact) mass is 485 g/mol. The molecule has 1 aliphatic rings. The Hall–Kier alpha value is -3.31. The third-order valence-corrected chi connectivity index (χ3v) is 6.55. The molecule has 1 N–H and O–H groups in total. The predicted octanol–water partition coefficient (Wildman–Crippen LogP) is 6.94. The molecule has 0 radical (unpaired) electrons. The summed E-state index contributed by atoms with van der Waals surface area (Å²) in [6.45, 7) is 2.67. The minimum atomic E-state index is -0.209. The minimum absolute atomic E-state index is 0.124. The largest absolute Gasteiger partial charge is 0.322 e. The number of benzene rings is 3. The number of anilines is 1. The van der Waals surface area contributed by atoms with Crippen LogP contribution in [0.25, 0.3) is 5.69 Å². The molecule has 0 aliphatic carbocycles. The van der Waals surface area contributed by atoms with Crippen LogP contribution >= 0.6 is 15.9 Å². The molecule has 0 saturated heterocycles.